The second-order valence-electron chi connectivity index (χ2n) is 10.8. The van der Waals surface area contributed by atoms with Crippen LogP contribution < -0.4 is 20.1 Å². The lowest BCUT2D eigenvalue weighted by atomic mass is 9.81. The Morgan fingerprint density at radius 3 is 1.61 bits per heavy atom. The van der Waals surface area contributed by atoms with E-state index < -0.39 is 0 Å². The predicted octanol–water partition coefficient (Wildman–Crippen LogP) is 5.82. The molecule has 0 aromatic heterocycles. The lowest BCUT2D eigenvalue weighted by molar-refractivity contribution is -0.119. The van der Waals surface area contributed by atoms with Gasteiger partial charge in [0.2, 0.25) is 11.8 Å². The van der Waals surface area contributed by atoms with Crippen molar-refractivity contribution in [1.82, 2.24) is 10.6 Å². The van der Waals surface area contributed by atoms with Gasteiger partial charge in [-0.1, -0.05) is 12.1 Å². The van der Waals surface area contributed by atoms with Crippen LogP contribution in [0.15, 0.2) is 36.4 Å². The molecular weight excluding hydrogens is 476 g/mol. The second-order valence-corrected chi connectivity index (χ2v) is 10.8. The maximum Gasteiger partial charge on any atom is 0.216 e. The highest BCUT2D eigenvalue weighted by atomic mass is 16.5. The number of ether oxygens (including phenoxy) is 2. The summed E-state index contributed by atoms with van der Waals surface area (Å²) in [6, 6.07) is 13.1. The van der Waals surface area contributed by atoms with Gasteiger partial charge in [0.1, 0.15) is 11.5 Å². The van der Waals surface area contributed by atoms with Crippen LogP contribution in [-0.2, 0) is 22.4 Å². The topological polar surface area (TPSA) is 76.7 Å². The largest absolute Gasteiger partial charge is 0.494 e. The quantitative estimate of drug-likeness (QED) is 0.327. The molecule has 2 aromatic carbocycles. The van der Waals surface area contributed by atoms with Gasteiger partial charge in [-0.25, -0.2) is 0 Å². The molecule has 2 unspecified atom stereocenters. The number of unbranched alkanes of at least 4 members (excludes halogenated alkanes) is 1. The lowest BCUT2D eigenvalue weighted by Gasteiger charge is -2.26. The highest BCUT2D eigenvalue weighted by Crippen LogP contribution is 2.37. The SMILES string of the molecule is CC(=O)NCCC1CCCc2ccc(OCCCCOc3ccc4c(c3)C(CCNC(C)=O)CCC4)cc21. The van der Waals surface area contributed by atoms with Crippen LogP contribution in [-0.4, -0.2) is 38.1 Å². The van der Waals surface area contributed by atoms with Gasteiger partial charge in [0.15, 0.2) is 0 Å². The van der Waals surface area contributed by atoms with Crippen molar-refractivity contribution < 1.29 is 19.1 Å². The molecule has 2 N–H and O–H groups in total. The molecule has 2 atom stereocenters. The summed E-state index contributed by atoms with van der Waals surface area (Å²) in [5.41, 5.74) is 5.63. The van der Waals surface area contributed by atoms with Gasteiger partial charge in [-0.15, -0.1) is 0 Å². The summed E-state index contributed by atoms with van der Waals surface area (Å²) in [4.78, 5) is 22.5. The fraction of sp³-hybridized carbons (Fsp3) is 0.562. The van der Waals surface area contributed by atoms with Gasteiger partial charge in [0, 0.05) is 26.9 Å². The van der Waals surface area contributed by atoms with Crippen LogP contribution in [0.3, 0.4) is 0 Å². The van der Waals surface area contributed by atoms with Crippen LogP contribution in [0.4, 0.5) is 0 Å². The van der Waals surface area contributed by atoms with E-state index in [1.165, 1.54) is 47.9 Å². The molecule has 38 heavy (non-hydrogen) atoms. The Labute approximate surface area is 227 Å². The molecule has 6 heteroatoms. The van der Waals surface area contributed by atoms with E-state index in [1.807, 2.05) is 0 Å². The zero-order valence-corrected chi connectivity index (χ0v) is 23.2. The highest BCUT2D eigenvalue weighted by molar-refractivity contribution is 5.73. The maximum atomic E-state index is 11.2. The number of fused-ring (bicyclic) bond motifs is 2. The van der Waals surface area contributed by atoms with E-state index >= 15 is 0 Å². The van der Waals surface area contributed by atoms with Crippen LogP contribution in [0.5, 0.6) is 11.5 Å². The smallest absolute Gasteiger partial charge is 0.216 e. The summed E-state index contributed by atoms with van der Waals surface area (Å²) in [6.45, 7) is 5.96. The molecule has 2 aliphatic carbocycles. The molecule has 206 valence electrons. The Bertz CT molecular complexity index is 998. The summed E-state index contributed by atoms with van der Waals surface area (Å²) >= 11 is 0. The Kier molecular flexibility index (Phi) is 10.5. The van der Waals surface area contributed by atoms with Crippen molar-refractivity contribution in [3.63, 3.8) is 0 Å². The third-order valence-corrected chi connectivity index (χ3v) is 7.92. The summed E-state index contributed by atoms with van der Waals surface area (Å²) in [5, 5.41) is 5.87. The van der Waals surface area contributed by atoms with E-state index in [4.69, 9.17) is 9.47 Å². The molecule has 2 aromatic rings. The number of carbonyl (C=O) groups is 2. The summed E-state index contributed by atoms with van der Waals surface area (Å²) in [6.07, 6.45) is 10.8. The number of benzene rings is 2. The average molecular weight is 521 g/mol. The van der Waals surface area contributed by atoms with Gasteiger partial charge in [0.25, 0.3) is 0 Å². The van der Waals surface area contributed by atoms with Crippen molar-refractivity contribution in [1.29, 1.82) is 0 Å². The zero-order chi connectivity index (χ0) is 26.7. The number of nitrogens with one attached hydrogen (secondary N) is 2. The first-order valence-electron chi connectivity index (χ1n) is 14.5. The fourth-order valence-corrected chi connectivity index (χ4v) is 5.96. The Balaban J connectivity index is 1.20. The van der Waals surface area contributed by atoms with Gasteiger partial charge in [0.05, 0.1) is 13.2 Å². The van der Waals surface area contributed by atoms with Gasteiger partial charge >= 0.3 is 0 Å². The fourth-order valence-electron chi connectivity index (χ4n) is 5.96. The minimum atomic E-state index is 0.0385. The Morgan fingerprint density at radius 1 is 0.737 bits per heavy atom. The average Bonchev–Trinajstić information content (AvgIpc) is 2.90. The van der Waals surface area contributed by atoms with Crippen LogP contribution in [0.2, 0.25) is 0 Å². The van der Waals surface area contributed by atoms with Crippen LogP contribution >= 0.6 is 0 Å². The molecule has 0 fully saturated rings. The molecule has 2 aliphatic rings. The van der Waals surface area contributed by atoms with E-state index in [2.05, 4.69) is 47.0 Å². The van der Waals surface area contributed by atoms with Crippen LogP contribution in [0.1, 0.15) is 99.3 Å². The molecule has 0 saturated carbocycles. The van der Waals surface area contributed by atoms with Crippen molar-refractivity contribution in [3.8, 4) is 11.5 Å². The molecule has 6 nitrogen and oxygen atoms in total. The lowest BCUT2D eigenvalue weighted by Crippen LogP contribution is -2.23. The standard InChI is InChI=1S/C32H44N2O4/c1-23(35)33-17-15-27-9-5-7-25-11-13-29(21-31(25)27)37-19-3-4-20-38-30-14-12-26-8-6-10-28(32(26)22-30)16-18-34-24(2)36/h11-14,21-22,27-28H,3-10,15-20H2,1-2H3,(H,33,35)(H,34,36). The van der Waals surface area contributed by atoms with E-state index in [9.17, 15) is 9.59 Å². The van der Waals surface area contributed by atoms with Gasteiger partial charge in [-0.3, -0.25) is 9.59 Å². The van der Waals surface area contributed by atoms with Crippen LogP contribution in [0.25, 0.3) is 0 Å². The first kappa shape index (κ1) is 28.0. The van der Waals surface area contributed by atoms with Gasteiger partial charge < -0.3 is 20.1 Å². The summed E-state index contributed by atoms with van der Waals surface area (Å²) in [5.74, 6) is 2.94. The Hall–Kier alpha value is -3.02. The first-order valence-corrected chi connectivity index (χ1v) is 14.5. The number of carbonyl (C=O) groups excluding carboxylic acids is 2. The van der Waals surface area contributed by atoms with E-state index in [-0.39, 0.29) is 11.8 Å². The number of hydrogen-bond donors (Lipinski definition) is 2. The summed E-state index contributed by atoms with van der Waals surface area (Å²) in [7, 11) is 0. The molecule has 0 saturated heterocycles. The molecule has 0 heterocycles. The first-order chi connectivity index (χ1) is 18.5. The third kappa shape index (κ3) is 8.24. The number of rotatable bonds is 13. The summed E-state index contributed by atoms with van der Waals surface area (Å²) < 4.78 is 12.2. The highest BCUT2D eigenvalue weighted by Gasteiger charge is 2.22. The van der Waals surface area contributed by atoms with Crippen molar-refractivity contribution >= 4 is 11.8 Å². The second kappa shape index (κ2) is 14.2. The van der Waals surface area contributed by atoms with E-state index in [1.54, 1.807) is 13.8 Å². The minimum absolute atomic E-state index is 0.0385. The molecule has 0 bridgehead atoms. The van der Waals surface area contributed by atoms with Crippen molar-refractivity contribution in [2.24, 2.45) is 0 Å². The zero-order valence-electron chi connectivity index (χ0n) is 23.2. The third-order valence-electron chi connectivity index (χ3n) is 7.92. The number of amides is 2. The Morgan fingerprint density at radius 2 is 1.18 bits per heavy atom. The minimum Gasteiger partial charge on any atom is -0.494 e. The molecule has 0 aliphatic heterocycles. The predicted molar refractivity (Wildman–Crippen MR) is 151 cm³/mol. The molecule has 2 amide bonds. The van der Waals surface area contributed by atoms with E-state index in [0.717, 1.165) is 63.1 Å². The maximum absolute atomic E-state index is 11.2. The van der Waals surface area contributed by atoms with Crippen molar-refractivity contribution in [2.75, 3.05) is 26.3 Å². The number of aryl methyl sites for hydroxylation is 2. The van der Waals surface area contributed by atoms with Crippen molar-refractivity contribution in [2.45, 2.75) is 89.9 Å². The van der Waals surface area contributed by atoms with Crippen LogP contribution in [0, 0.1) is 0 Å². The monoisotopic (exact) mass is 520 g/mol. The van der Waals surface area contributed by atoms with Gasteiger partial charge in [-0.05, 0) is 123 Å². The van der Waals surface area contributed by atoms with Gasteiger partial charge in [-0.2, -0.15) is 0 Å². The van der Waals surface area contributed by atoms with Crippen molar-refractivity contribution in [3.05, 3.63) is 58.7 Å². The van der Waals surface area contributed by atoms with E-state index in [0.29, 0.717) is 25.0 Å². The molecular formula is C32H44N2O4. The normalized spacial score (nSPS) is 18.2. The molecule has 4 rings (SSSR count). The molecule has 0 spiro atoms. The number of hydrogen-bond acceptors (Lipinski definition) is 4. The molecule has 0 radical (unpaired) electrons.